The van der Waals surface area contributed by atoms with E-state index in [1.807, 2.05) is 13.8 Å². The lowest BCUT2D eigenvalue weighted by atomic mass is 10.1. The van der Waals surface area contributed by atoms with Gasteiger partial charge in [-0.1, -0.05) is 25.4 Å². The fourth-order valence-electron chi connectivity index (χ4n) is 1.74. The van der Waals surface area contributed by atoms with Gasteiger partial charge in [-0.2, -0.15) is 13.2 Å². The highest BCUT2D eigenvalue weighted by atomic mass is 35.5. The van der Waals surface area contributed by atoms with Gasteiger partial charge >= 0.3 is 6.18 Å². The van der Waals surface area contributed by atoms with E-state index in [0.717, 1.165) is 12.8 Å². The number of hydrogen-bond acceptors (Lipinski definition) is 3. The number of rotatable bonds is 4. The number of alkyl halides is 3. The first-order chi connectivity index (χ1) is 8.29. The minimum Gasteiger partial charge on any atom is -0.357 e. The van der Waals surface area contributed by atoms with E-state index in [-0.39, 0.29) is 17.0 Å². The van der Waals surface area contributed by atoms with E-state index < -0.39 is 12.0 Å². The van der Waals surface area contributed by atoms with E-state index in [0.29, 0.717) is 0 Å². The van der Waals surface area contributed by atoms with E-state index in [4.69, 9.17) is 11.6 Å². The molecule has 1 aromatic rings. The Kier molecular flexibility index (Phi) is 4.78. The predicted molar refractivity (Wildman–Crippen MR) is 64.8 cm³/mol. The summed E-state index contributed by atoms with van der Waals surface area (Å²) in [4.78, 5) is 8.43. The van der Waals surface area contributed by atoms with Crippen LogP contribution < -0.4 is 4.90 Å². The van der Waals surface area contributed by atoms with Gasteiger partial charge in [0.05, 0.1) is 0 Å². The number of nitrogens with zero attached hydrogens (tertiary/aromatic N) is 3. The highest BCUT2D eigenvalue weighted by molar-refractivity contribution is 6.29. The fraction of sp³-hybridized carbons (Fsp3) is 0.636. The monoisotopic (exact) mass is 281 g/mol. The van der Waals surface area contributed by atoms with Crippen LogP contribution in [0.5, 0.6) is 0 Å². The molecule has 0 unspecified atom stereocenters. The minimum atomic E-state index is -4.59. The number of anilines is 1. The van der Waals surface area contributed by atoms with Crippen LogP contribution in [0, 0.1) is 0 Å². The summed E-state index contributed by atoms with van der Waals surface area (Å²) in [6, 6.07) is 1.46. The first-order valence-corrected chi connectivity index (χ1v) is 6.02. The molecule has 0 aliphatic rings. The second kappa shape index (κ2) is 5.73. The Morgan fingerprint density at radius 1 is 1.28 bits per heavy atom. The Labute approximate surface area is 109 Å². The molecule has 0 N–H and O–H groups in total. The first-order valence-electron chi connectivity index (χ1n) is 5.64. The Morgan fingerprint density at radius 3 is 2.28 bits per heavy atom. The zero-order chi connectivity index (χ0) is 13.9. The van der Waals surface area contributed by atoms with Crippen LogP contribution >= 0.6 is 11.6 Å². The zero-order valence-corrected chi connectivity index (χ0v) is 11.2. The van der Waals surface area contributed by atoms with Crippen molar-refractivity contribution in [2.24, 2.45) is 0 Å². The number of halogens is 4. The van der Waals surface area contributed by atoms with Gasteiger partial charge in [-0.15, -0.1) is 0 Å². The third kappa shape index (κ3) is 3.48. The highest BCUT2D eigenvalue weighted by Gasteiger charge is 2.35. The maximum absolute atomic E-state index is 12.6. The summed E-state index contributed by atoms with van der Waals surface area (Å²) < 4.78 is 37.7. The van der Waals surface area contributed by atoms with Crippen LogP contribution in [0.15, 0.2) is 6.07 Å². The molecule has 0 amide bonds. The smallest absolute Gasteiger partial charge is 0.357 e. The van der Waals surface area contributed by atoms with Crippen molar-refractivity contribution < 1.29 is 13.2 Å². The molecule has 0 bridgehead atoms. The molecule has 0 saturated heterocycles. The van der Waals surface area contributed by atoms with Gasteiger partial charge in [0.15, 0.2) is 0 Å². The molecule has 0 spiro atoms. The molecule has 0 saturated carbocycles. The van der Waals surface area contributed by atoms with Crippen LogP contribution in [0.2, 0.25) is 5.15 Å². The molecule has 0 aliphatic carbocycles. The molecule has 102 valence electrons. The minimum absolute atomic E-state index is 0.122. The summed E-state index contributed by atoms with van der Waals surface area (Å²) in [5.74, 6) is -1.01. The molecule has 0 aromatic carbocycles. The van der Waals surface area contributed by atoms with E-state index in [2.05, 4.69) is 9.97 Å². The molecule has 18 heavy (non-hydrogen) atoms. The van der Waals surface area contributed by atoms with E-state index in [9.17, 15) is 13.2 Å². The highest BCUT2D eigenvalue weighted by Crippen LogP contribution is 2.29. The van der Waals surface area contributed by atoms with Crippen molar-refractivity contribution in [1.82, 2.24) is 9.97 Å². The number of hydrogen-bond donors (Lipinski definition) is 0. The average molecular weight is 282 g/mol. The van der Waals surface area contributed by atoms with Crippen LogP contribution in [0.4, 0.5) is 19.0 Å². The molecule has 7 heteroatoms. The summed E-state index contributed by atoms with van der Waals surface area (Å²) in [5, 5.41) is -0.204. The van der Waals surface area contributed by atoms with Crippen LogP contribution in [0.25, 0.3) is 0 Å². The first kappa shape index (κ1) is 15.0. The lowest BCUT2D eigenvalue weighted by Gasteiger charge is -2.27. The summed E-state index contributed by atoms with van der Waals surface area (Å²) in [5.41, 5.74) is 0. The van der Waals surface area contributed by atoms with Crippen molar-refractivity contribution in [3.05, 3.63) is 17.0 Å². The Bertz CT molecular complexity index is 405. The summed E-state index contributed by atoms with van der Waals surface area (Å²) in [7, 11) is 1.70. The summed E-state index contributed by atoms with van der Waals surface area (Å²) in [6.45, 7) is 3.94. The molecule has 1 rings (SSSR count). The fourth-order valence-corrected chi connectivity index (χ4v) is 1.91. The normalized spacial score (nSPS) is 12.0. The largest absolute Gasteiger partial charge is 0.451 e. The molecule has 0 atom stereocenters. The van der Waals surface area contributed by atoms with Gasteiger partial charge in [0.2, 0.25) is 5.82 Å². The van der Waals surface area contributed by atoms with Gasteiger partial charge in [0.25, 0.3) is 0 Å². The third-order valence-electron chi connectivity index (χ3n) is 2.79. The van der Waals surface area contributed by atoms with Crippen molar-refractivity contribution in [3.8, 4) is 0 Å². The molecule has 3 nitrogen and oxygen atoms in total. The Balaban J connectivity index is 3.13. The van der Waals surface area contributed by atoms with Crippen molar-refractivity contribution in [1.29, 1.82) is 0 Å². The van der Waals surface area contributed by atoms with Gasteiger partial charge in [-0.3, -0.25) is 0 Å². The molecular weight excluding hydrogens is 267 g/mol. The third-order valence-corrected chi connectivity index (χ3v) is 2.98. The molecule has 0 fully saturated rings. The van der Waals surface area contributed by atoms with E-state index in [1.54, 1.807) is 11.9 Å². The van der Waals surface area contributed by atoms with Crippen LogP contribution in [0.1, 0.15) is 32.5 Å². The molecular formula is C11H15ClF3N3. The standard InChI is InChI=1S/C11H15ClF3N3/c1-4-7(5-2)18(3)9-6-8(12)16-10(17-9)11(13,14)15/h6-7H,4-5H2,1-3H3. The van der Waals surface area contributed by atoms with Gasteiger partial charge in [-0.25, -0.2) is 9.97 Å². The zero-order valence-electron chi connectivity index (χ0n) is 10.4. The average Bonchev–Trinajstić information content (AvgIpc) is 2.28. The number of aromatic nitrogens is 2. The molecule has 1 heterocycles. The SMILES string of the molecule is CCC(CC)N(C)c1cc(Cl)nc(C(F)(F)F)n1. The van der Waals surface area contributed by atoms with E-state index >= 15 is 0 Å². The van der Waals surface area contributed by atoms with Crippen molar-refractivity contribution >= 4 is 17.4 Å². The lowest BCUT2D eigenvalue weighted by molar-refractivity contribution is -0.144. The Hall–Kier alpha value is -1.04. The summed E-state index contributed by atoms with van der Waals surface area (Å²) >= 11 is 5.61. The summed E-state index contributed by atoms with van der Waals surface area (Å²) in [6.07, 6.45) is -2.96. The topological polar surface area (TPSA) is 29.0 Å². The molecule has 1 aromatic heterocycles. The second-order valence-electron chi connectivity index (χ2n) is 3.95. The maximum Gasteiger partial charge on any atom is 0.451 e. The van der Waals surface area contributed by atoms with Crippen LogP contribution in [-0.2, 0) is 6.18 Å². The van der Waals surface area contributed by atoms with Crippen LogP contribution in [0.3, 0.4) is 0 Å². The quantitative estimate of drug-likeness (QED) is 0.787. The van der Waals surface area contributed by atoms with Gasteiger partial charge in [-0.05, 0) is 12.8 Å². The van der Waals surface area contributed by atoms with E-state index in [1.165, 1.54) is 6.07 Å². The van der Waals surface area contributed by atoms with Crippen molar-refractivity contribution in [2.45, 2.75) is 38.9 Å². The van der Waals surface area contributed by atoms with Crippen molar-refractivity contribution in [3.63, 3.8) is 0 Å². The lowest BCUT2D eigenvalue weighted by Crippen LogP contribution is -2.31. The van der Waals surface area contributed by atoms with Gasteiger partial charge in [0.1, 0.15) is 11.0 Å². The van der Waals surface area contributed by atoms with Gasteiger partial charge in [0, 0.05) is 19.2 Å². The van der Waals surface area contributed by atoms with Crippen LogP contribution in [-0.4, -0.2) is 23.1 Å². The second-order valence-corrected chi connectivity index (χ2v) is 4.34. The molecule has 0 aliphatic heterocycles. The van der Waals surface area contributed by atoms with Gasteiger partial charge < -0.3 is 4.90 Å². The molecule has 0 radical (unpaired) electrons. The van der Waals surface area contributed by atoms with Crippen molar-refractivity contribution in [2.75, 3.05) is 11.9 Å². The maximum atomic E-state index is 12.6. The predicted octanol–water partition coefficient (Wildman–Crippen LogP) is 3.77. The Morgan fingerprint density at radius 2 is 1.83 bits per heavy atom.